The van der Waals surface area contributed by atoms with Gasteiger partial charge in [0.05, 0.1) is 23.4 Å². The lowest BCUT2D eigenvalue weighted by atomic mass is 10.2. The summed E-state index contributed by atoms with van der Waals surface area (Å²) in [5.41, 5.74) is 6.38. The van der Waals surface area contributed by atoms with Crippen LogP contribution in [0.25, 0.3) is 5.69 Å². The number of carbonyl (C=O) groups excluding carboxylic acids is 1. The molecule has 0 aliphatic carbocycles. The monoisotopic (exact) mass is 564 g/mol. The van der Waals surface area contributed by atoms with Crippen molar-refractivity contribution in [3.8, 4) is 11.4 Å². The maximum atomic E-state index is 13.5. The summed E-state index contributed by atoms with van der Waals surface area (Å²) in [6, 6.07) is 24.0. The molecule has 8 nitrogen and oxygen atoms in total. The van der Waals surface area contributed by atoms with E-state index in [4.69, 9.17) is 16.3 Å². The fraction of sp³-hybridized carbons (Fsp3) is 0.172. The SMILES string of the molecule is CCOc1ccc(N(CC(=O)N/N=C/c2cc(C)n(-c3cccc(Cl)c3)c2C)S(=O)(=O)c2ccccc2)cc1. The molecular formula is C29H29ClN4O4S. The van der Waals surface area contributed by atoms with Gasteiger partial charge in [-0.15, -0.1) is 0 Å². The minimum atomic E-state index is -4.03. The van der Waals surface area contributed by atoms with E-state index in [1.165, 1.54) is 18.3 Å². The number of hydrogen-bond acceptors (Lipinski definition) is 5. The van der Waals surface area contributed by atoms with Crippen LogP contribution in [0.3, 0.4) is 0 Å². The van der Waals surface area contributed by atoms with Crippen LogP contribution in [0, 0.1) is 13.8 Å². The van der Waals surface area contributed by atoms with Crippen molar-refractivity contribution >= 4 is 39.4 Å². The average Bonchev–Trinajstić information content (AvgIpc) is 3.21. The largest absolute Gasteiger partial charge is 0.494 e. The van der Waals surface area contributed by atoms with Gasteiger partial charge < -0.3 is 9.30 Å². The Morgan fingerprint density at radius 1 is 1.03 bits per heavy atom. The van der Waals surface area contributed by atoms with Gasteiger partial charge in [0, 0.05) is 27.7 Å². The van der Waals surface area contributed by atoms with E-state index in [0.29, 0.717) is 23.1 Å². The highest BCUT2D eigenvalue weighted by Crippen LogP contribution is 2.26. The Labute approximate surface area is 233 Å². The normalized spacial score (nSPS) is 11.5. The fourth-order valence-corrected chi connectivity index (χ4v) is 5.81. The van der Waals surface area contributed by atoms with Crippen LogP contribution in [-0.4, -0.2) is 38.3 Å². The van der Waals surface area contributed by atoms with E-state index in [1.807, 2.05) is 55.7 Å². The van der Waals surface area contributed by atoms with Gasteiger partial charge in [0.25, 0.3) is 15.9 Å². The third-order valence-electron chi connectivity index (χ3n) is 5.98. The van der Waals surface area contributed by atoms with Gasteiger partial charge in [-0.2, -0.15) is 5.10 Å². The lowest BCUT2D eigenvalue weighted by molar-refractivity contribution is -0.119. The predicted molar refractivity (Wildman–Crippen MR) is 155 cm³/mol. The van der Waals surface area contributed by atoms with Crippen LogP contribution in [-0.2, 0) is 14.8 Å². The van der Waals surface area contributed by atoms with Gasteiger partial charge in [-0.25, -0.2) is 13.8 Å². The van der Waals surface area contributed by atoms with Crippen molar-refractivity contribution in [3.63, 3.8) is 0 Å². The van der Waals surface area contributed by atoms with E-state index in [0.717, 1.165) is 26.9 Å². The molecule has 0 atom stereocenters. The first-order chi connectivity index (χ1) is 18.7. The standard InChI is InChI=1S/C29H29ClN4O4S/c1-4-38-27-15-13-25(14-16-27)33(39(36,37)28-11-6-5-7-12-28)20-29(35)32-31-19-23-17-21(2)34(22(23)3)26-10-8-9-24(30)18-26/h5-19H,4,20H2,1-3H3,(H,32,35)/b31-19+. The van der Waals surface area contributed by atoms with Gasteiger partial charge >= 0.3 is 0 Å². The molecule has 0 fully saturated rings. The number of nitrogens with one attached hydrogen (secondary N) is 1. The summed E-state index contributed by atoms with van der Waals surface area (Å²) in [7, 11) is -4.03. The summed E-state index contributed by atoms with van der Waals surface area (Å²) < 4.78 is 35.5. The van der Waals surface area contributed by atoms with Crippen LogP contribution in [0.15, 0.2) is 94.9 Å². The van der Waals surface area contributed by atoms with Crippen molar-refractivity contribution in [1.29, 1.82) is 0 Å². The molecule has 10 heteroatoms. The molecule has 0 unspecified atom stereocenters. The van der Waals surface area contributed by atoms with Crippen LogP contribution in [0.5, 0.6) is 5.75 Å². The first-order valence-electron chi connectivity index (χ1n) is 12.3. The maximum Gasteiger partial charge on any atom is 0.264 e. The molecule has 4 rings (SSSR count). The molecule has 0 spiro atoms. The number of amides is 1. The van der Waals surface area contributed by atoms with Gasteiger partial charge in [-0.1, -0.05) is 35.9 Å². The van der Waals surface area contributed by atoms with Crippen LogP contribution in [0.4, 0.5) is 5.69 Å². The van der Waals surface area contributed by atoms with E-state index < -0.39 is 22.5 Å². The van der Waals surface area contributed by atoms with E-state index >= 15 is 0 Å². The number of benzene rings is 3. The first kappa shape index (κ1) is 27.9. The minimum absolute atomic E-state index is 0.0728. The Balaban J connectivity index is 1.54. The zero-order valence-electron chi connectivity index (χ0n) is 21.8. The van der Waals surface area contributed by atoms with Crippen molar-refractivity contribution < 1.29 is 17.9 Å². The Hall–Kier alpha value is -4.08. The summed E-state index contributed by atoms with van der Waals surface area (Å²) in [4.78, 5) is 13.0. The molecule has 1 heterocycles. The number of aromatic nitrogens is 1. The number of nitrogens with zero attached hydrogens (tertiary/aromatic N) is 3. The summed E-state index contributed by atoms with van der Waals surface area (Å²) in [6.07, 6.45) is 1.54. The summed E-state index contributed by atoms with van der Waals surface area (Å²) in [6.45, 7) is 5.78. The highest BCUT2D eigenvalue weighted by Gasteiger charge is 2.27. The Morgan fingerprint density at radius 3 is 2.41 bits per heavy atom. The Morgan fingerprint density at radius 2 is 1.74 bits per heavy atom. The predicted octanol–water partition coefficient (Wildman–Crippen LogP) is 5.49. The second kappa shape index (κ2) is 12.2. The topological polar surface area (TPSA) is 93.0 Å². The molecule has 1 N–H and O–H groups in total. The number of aryl methyl sites for hydroxylation is 1. The molecule has 0 bridgehead atoms. The smallest absolute Gasteiger partial charge is 0.264 e. The molecule has 0 aliphatic rings. The quantitative estimate of drug-likeness (QED) is 0.203. The second-order valence-electron chi connectivity index (χ2n) is 8.69. The second-order valence-corrected chi connectivity index (χ2v) is 11.0. The number of anilines is 1. The summed E-state index contributed by atoms with van der Waals surface area (Å²) in [5, 5.41) is 4.73. The van der Waals surface area contributed by atoms with Crippen molar-refractivity contribution in [1.82, 2.24) is 9.99 Å². The summed E-state index contributed by atoms with van der Waals surface area (Å²) >= 11 is 6.16. The molecule has 0 saturated carbocycles. The van der Waals surface area contributed by atoms with Crippen molar-refractivity contribution in [2.45, 2.75) is 25.7 Å². The van der Waals surface area contributed by atoms with Crippen molar-refractivity contribution in [2.75, 3.05) is 17.5 Å². The number of hydrazone groups is 1. The van der Waals surface area contributed by atoms with Crippen molar-refractivity contribution in [2.24, 2.45) is 5.10 Å². The fourth-order valence-electron chi connectivity index (χ4n) is 4.18. The first-order valence-corrected chi connectivity index (χ1v) is 14.1. The lowest BCUT2D eigenvalue weighted by Crippen LogP contribution is -2.39. The van der Waals surface area contributed by atoms with Crippen LogP contribution in [0.1, 0.15) is 23.9 Å². The van der Waals surface area contributed by atoms with Gasteiger partial charge in [-0.05, 0) is 81.4 Å². The average molecular weight is 565 g/mol. The Bertz CT molecular complexity index is 1580. The lowest BCUT2D eigenvalue weighted by Gasteiger charge is -2.24. The molecule has 202 valence electrons. The summed E-state index contributed by atoms with van der Waals surface area (Å²) in [5.74, 6) is 0.00558. The van der Waals surface area contributed by atoms with E-state index in [2.05, 4.69) is 10.5 Å². The number of carbonyl (C=O) groups is 1. The van der Waals surface area contributed by atoms with Gasteiger partial charge in [0.2, 0.25) is 0 Å². The van der Waals surface area contributed by atoms with Gasteiger partial charge in [0.15, 0.2) is 0 Å². The Kier molecular flexibility index (Phi) is 8.73. The molecule has 3 aromatic carbocycles. The molecule has 1 amide bonds. The number of hydrogen-bond donors (Lipinski definition) is 1. The molecule has 39 heavy (non-hydrogen) atoms. The van der Waals surface area contributed by atoms with Crippen LogP contribution in [0.2, 0.25) is 5.02 Å². The third kappa shape index (κ3) is 6.50. The van der Waals surface area contributed by atoms with Gasteiger partial charge in [-0.3, -0.25) is 9.10 Å². The third-order valence-corrected chi connectivity index (χ3v) is 8.01. The number of halogens is 1. The van der Waals surface area contributed by atoms with E-state index in [-0.39, 0.29) is 4.90 Å². The molecule has 1 aromatic heterocycles. The number of ether oxygens (including phenoxy) is 1. The number of rotatable bonds is 10. The van der Waals surface area contributed by atoms with Crippen molar-refractivity contribution in [3.05, 3.63) is 107 Å². The molecule has 0 radical (unpaired) electrons. The molecule has 0 aliphatic heterocycles. The van der Waals surface area contributed by atoms with Crippen LogP contribution >= 0.6 is 11.6 Å². The van der Waals surface area contributed by atoms with E-state index in [9.17, 15) is 13.2 Å². The molecule has 0 saturated heterocycles. The zero-order valence-corrected chi connectivity index (χ0v) is 23.4. The maximum absolute atomic E-state index is 13.5. The van der Waals surface area contributed by atoms with E-state index in [1.54, 1.807) is 42.5 Å². The van der Waals surface area contributed by atoms with Crippen LogP contribution < -0.4 is 14.5 Å². The highest BCUT2D eigenvalue weighted by molar-refractivity contribution is 7.92. The molecule has 4 aromatic rings. The highest BCUT2D eigenvalue weighted by atomic mass is 35.5. The molecular weight excluding hydrogens is 536 g/mol. The minimum Gasteiger partial charge on any atom is -0.494 e. The van der Waals surface area contributed by atoms with Gasteiger partial charge in [0.1, 0.15) is 12.3 Å². The number of sulfonamides is 1. The zero-order chi connectivity index (χ0) is 28.0.